The van der Waals surface area contributed by atoms with Crippen LogP contribution in [0, 0.1) is 0 Å². The minimum atomic E-state index is -3.90. The lowest BCUT2D eigenvalue weighted by atomic mass is 10.1. The second-order valence-corrected chi connectivity index (χ2v) is 8.43. The summed E-state index contributed by atoms with van der Waals surface area (Å²) < 4.78 is 32.1. The number of ketones is 1. The van der Waals surface area contributed by atoms with Gasteiger partial charge < -0.3 is 9.72 Å². The monoisotopic (exact) mass is 422 g/mol. The molecule has 152 valence electrons. The average molecular weight is 422 g/mol. The number of nitrogens with one attached hydrogen (secondary N) is 2. The van der Waals surface area contributed by atoms with Crippen LogP contribution in [0.25, 0.3) is 21.7 Å². The number of carbonyl (C=O) groups is 2. The molecule has 2 N–H and O–H groups in total. The highest BCUT2D eigenvalue weighted by Crippen LogP contribution is 2.19. The van der Waals surface area contributed by atoms with Crippen molar-refractivity contribution in [3.05, 3.63) is 78.5 Å². The average Bonchev–Trinajstić information content (AvgIpc) is 3.20. The summed E-state index contributed by atoms with van der Waals surface area (Å²) in [5, 5.41) is 2.41. The van der Waals surface area contributed by atoms with Gasteiger partial charge in [0.25, 0.3) is 0 Å². The Balaban J connectivity index is 1.36. The van der Waals surface area contributed by atoms with E-state index < -0.39 is 29.1 Å². The summed E-state index contributed by atoms with van der Waals surface area (Å²) in [7, 11) is -3.90. The van der Waals surface area contributed by atoms with E-state index in [2.05, 4.69) is 9.71 Å². The molecule has 0 amide bonds. The van der Waals surface area contributed by atoms with Gasteiger partial charge in [0.1, 0.15) is 6.54 Å². The zero-order valence-electron chi connectivity index (χ0n) is 15.8. The number of rotatable bonds is 7. The number of aromatic nitrogens is 1. The summed E-state index contributed by atoms with van der Waals surface area (Å²) in [4.78, 5) is 27.3. The Morgan fingerprint density at radius 3 is 2.50 bits per heavy atom. The van der Waals surface area contributed by atoms with E-state index in [1.807, 2.05) is 30.3 Å². The highest BCUT2D eigenvalue weighted by Gasteiger charge is 2.18. The van der Waals surface area contributed by atoms with Gasteiger partial charge in [0.2, 0.25) is 15.8 Å². The van der Waals surface area contributed by atoms with E-state index in [1.54, 1.807) is 30.5 Å². The van der Waals surface area contributed by atoms with Crippen LogP contribution in [0.15, 0.2) is 77.8 Å². The molecule has 0 saturated carbocycles. The van der Waals surface area contributed by atoms with Gasteiger partial charge in [-0.05, 0) is 29.0 Å². The fourth-order valence-electron chi connectivity index (χ4n) is 3.15. The van der Waals surface area contributed by atoms with E-state index in [9.17, 15) is 18.0 Å². The predicted molar refractivity (Wildman–Crippen MR) is 113 cm³/mol. The van der Waals surface area contributed by atoms with Crippen molar-refractivity contribution in [3.8, 4) is 0 Å². The van der Waals surface area contributed by atoms with Crippen LogP contribution in [0.3, 0.4) is 0 Å². The number of aromatic amines is 1. The van der Waals surface area contributed by atoms with Gasteiger partial charge in [0.15, 0.2) is 6.61 Å². The maximum Gasteiger partial charge on any atom is 0.321 e. The molecule has 0 aliphatic heterocycles. The van der Waals surface area contributed by atoms with Gasteiger partial charge in [-0.2, -0.15) is 4.72 Å². The van der Waals surface area contributed by atoms with Gasteiger partial charge in [-0.25, -0.2) is 8.42 Å². The third-order valence-corrected chi connectivity index (χ3v) is 6.09. The third-order valence-electron chi connectivity index (χ3n) is 4.69. The van der Waals surface area contributed by atoms with Crippen molar-refractivity contribution in [1.29, 1.82) is 0 Å². The number of hydrogen-bond donors (Lipinski definition) is 2. The second kappa shape index (κ2) is 8.10. The largest absolute Gasteiger partial charge is 0.456 e. The molecular formula is C22H18N2O5S. The molecule has 0 bridgehead atoms. The van der Waals surface area contributed by atoms with E-state index in [1.165, 1.54) is 12.1 Å². The SMILES string of the molecule is O=C(CNS(=O)(=O)c1ccc2ccccc2c1)OCC(=O)c1c[nH]c2ccccc12. The minimum Gasteiger partial charge on any atom is -0.456 e. The second-order valence-electron chi connectivity index (χ2n) is 6.67. The number of sulfonamides is 1. The summed E-state index contributed by atoms with van der Waals surface area (Å²) in [6, 6.07) is 19.3. The number of para-hydroxylation sites is 1. The molecular weight excluding hydrogens is 404 g/mol. The molecule has 8 heteroatoms. The highest BCUT2D eigenvalue weighted by atomic mass is 32.2. The smallest absolute Gasteiger partial charge is 0.321 e. The molecule has 3 aromatic carbocycles. The molecule has 0 fully saturated rings. The Morgan fingerprint density at radius 2 is 1.67 bits per heavy atom. The van der Waals surface area contributed by atoms with Crippen LogP contribution in [-0.2, 0) is 19.6 Å². The summed E-state index contributed by atoms with van der Waals surface area (Å²) >= 11 is 0. The molecule has 0 atom stereocenters. The van der Waals surface area contributed by atoms with Gasteiger partial charge in [0.05, 0.1) is 4.90 Å². The van der Waals surface area contributed by atoms with Crippen molar-refractivity contribution in [2.45, 2.75) is 4.90 Å². The van der Waals surface area contributed by atoms with Gasteiger partial charge in [-0.15, -0.1) is 0 Å². The molecule has 0 unspecified atom stereocenters. The first-order valence-corrected chi connectivity index (χ1v) is 10.7. The van der Waals surface area contributed by atoms with Crippen molar-refractivity contribution in [1.82, 2.24) is 9.71 Å². The maximum absolute atomic E-state index is 12.5. The molecule has 4 aromatic rings. The number of Topliss-reactive ketones (excluding diaryl/α,β-unsaturated/α-hetero) is 1. The topological polar surface area (TPSA) is 105 Å². The van der Waals surface area contributed by atoms with Gasteiger partial charge in [-0.3, -0.25) is 9.59 Å². The van der Waals surface area contributed by atoms with Crippen LogP contribution in [0.1, 0.15) is 10.4 Å². The van der Waals surface area contributed by atoms with Crippen LogP contribution in [0.5, 0.6) is 0 Å². The van der Waals surface area contributed by atoms with Crippen LogP contribution >= 0.6 is 0 Å². The number of H-pyrrole nitrogens is 1. The van der Waals surface area contributed by atoms with E-state index in [-0.39, 0.29) is 10.7 Å². The molecule has 0 saturated heterocycles. The van der Waals surface area contributed by atoms with Crippen molar-refractivity contribution in [2.75, 3.05) is 13.2 Å². The van der Waals surface area contributed by atoms with Gasteiger partial charge in [-0.1, -0.05) is 48.5 Å². The quantitative estimate of drug-likeness (QED) is 0.352. The molecule has 1 heterocycles. The molecule has 0 radical (unpaired) electrons. The summed E-state index contributed by atoms with van der Waals surface area (Å²) in [5.41, 5.74) is 1.21. The van der Waals surface area contributed by atoms with Crippen LogP contribution in [0.2, 0.25) is 0 Å². The number of carbonyl (C=O) groups excluding carboxylic acids is 2. The Hall–Kier alpha value is -3.49. The van der Waals surface area contributed by atoms with E-state index in [4.69, 9.17) is 4.74 Å². The standard InChI is InChI=1S/C22H18N2O5S/c25-21(19-12-23-20-8-4-3-7-18(19)20)14-29-22(26)13-24-30(27,28)17-10-9-15-5-1-2-6-16(15)11-17/h1-12,23-24H,13-14H2. The zero-order valence-corrected chi connectivity index (χ0v) is 16.6. The van der Waals surface area contributed by atoms with E-state index in [0.29, 0.717) is 5.56 Å². The van der Waals surface area contributed by atoms with Crippen LogP contribution in [0.4, 0.5) is 0 Å². The molecule has 4 rings (SSSR count). The highest BCUT2D eigenvalue weighted by molar-refractivity contribution is 7.89. The lowest BCUT2D eigenvalue weighted by Gasteiger charge is -2.08. The summed E-state index contributed by atoms with van der Waals surface area (Å²) in [5.74, 6) is -1.22. The lowest BCUT2D eigenvalue weighted by Crippen LogP contribution is -2.31. The molecule has 7 nitrogen and oxygen atoms in total. The first kappa shape index (κ1) is 19.8. The van der Waals surface area contributed by atoms with E-state index >= 15 is 0 Å². The van der Waals surface area contributed by atoms with Crippen molar-refractivity contribution in [2.24, 2.45) is 0 Å². The molecule has 0 aliphatic rings. The van der Waals surface area contributed by atoms with Crippen molar-refractivity contribution >= 4 is 43.5 Å². The Kier molecular flexibility index (Phi) is 5.35. The lowest BCUT2D eigenvalue weighted by molar-refractivity contribution is -0.141. The fraction of sp³-hybridized carbons (Fsp3) is 0.0909. The Bertz CT molecular complexity index is 1360. The van der Waals surface area contributed by atoms with Crippen molar-refractivity contribution in [3.63, 3.8) is 0 Å². The van der Waals surface area contributed by atoms with Gasteiger partial charge in [0, 0.05) is 22.7 Å². The van der Waals surface area contributed by atoms with Crippen LogP contribution < -0.4 is 4.72 Å². The zero-order chi connectivity index (χ0) is 21.1. The number of esters is 1. The minimum absolute atomic E-state index is 0.0452. The fourth-order valence-corrected chi connectivity index (χ4v) is 4.15. The van der Waals surface area contributed by atoms with E-state index in [0.717, 1.165) is 21.7 Å². The molecule has 30 heavy (non-hydrogen) atoms. The molecule has 1 aromatic heterocycles. The normalized spacial score (nSPS) is 11.6. The third kappa shape index (κ3) is 4.10. The first-order chi connectivity index (χ1) is 14.4. The number of ether oxygens (including phenoxy) is 1. The summed E-state index contributed by atoms with van der Waals surface area (Å²) in [6.07, 6.45) is 1.56. The molecule has 0 aliphatic carbocycles. The Labute approximate surface area is 172 Å². The molecule has 0 spiro atoms. The maximum atomic E-state index is 12.5. The van der Waals surface area contributed by atoms with Crippen LogP contribution in [-0.4, -0.2) is 38.3 Å². The predicted octanol–water partition coefficient (Wildman–Crippen LogP) is 3.03. The summed E-state index contributed by atoms with van der Waals surface area (Å²) in [6.45, 7) is -1.05. The van der Waals surface area contributed by atoms with Crippen molar-refractivity contribution < 1.29 is 22.7 Å². The number of hydrogen-bond acceptors (Lipinski definition) is 5. The first-order valence-electron chi connectivity index (χ1n) is 9.17. The Morgan fingerprint density at radius 1 is 0.933 bits per heavy atom. The number of fused-ring (bicyclic) bond motifs is 2. The van der Waals surface area contributed by atoms with Gasteiger partial charge >= 0.3 is 5.97 Å². The number of benzene rings is 3.